The number of hydrogen-bond acceptors (Lipinski definition) is 8. The van der Waals surface area contributed by atoms with Crippen LogP contribution in [0.2, 0.25) is 0 Å². The topological polar surface area (TPSA) is 103 Å². The molecule has 0 spiro atoms. The Bertz CT molecular complexity index is 2160. The molecule has 0 saturated heterocycles. The first-order valence-electron chi connectivity index (χ1n) is 15.2. The summed E-state index contributed by atoms with van der Waals surface area (Å²) in [6.45, 7) is 4.69. The highest BCUT2D eigenvalue weighted by atomic mass is 32.1. The van der Waals surface area contributed by atoms with E-state index in [2.05, 4.69) is 6.07 Å². The van der Waals surface area contributed by atoms with Gasteiger partial charge in [-0.3, -0.25) is 9.36 Å². The van der Waals surface area contributed by atoms with Crippen molar-refractivity contribution < 1.29 is 19.0 Å². The van der Waals surface area contributed by atoms with Crippen LogP contribution in [0, 0.1) is 11.3 Å². The molecule has 1 atom stereocenters. The maximum Gasteiger partial charge on any atom is 0.338 e. The lowest BCUT2D eigenvalue weighted by atomic mass is 9.93. The van der Waals surface area contributed by atoms with Crippen molar-refractivity contribution in [2.75, 3.05) is 13.2 Å². The largest absolute Gasteiger partial charge is 0.494 e. The van der Waals surface area contributed by atoms with Crippen LogP contribution < -0.4 is 24.4 Å². The molecule has 6 rings (SSSR count). The third kappa shape index (κ3) is 6.78. The van der Waals surface area contributed by atoms with Gasteiger partial charge in [0.25, 0.3) is 5.56 Å². The number of esters is 1. The van der Waals surface area contributed by atoms with Crippen LogP contribution in [0.3, 0.4) is 0 Å². The molecule has 9 heteroatoms. The molecule has 1 aliphatic heterocycles. The van der Waals surface area contributed by atoms with Crippen molar-refractivity contribution in [3.63, 3.8) is 0 Å². The Morgan fingerprint density at radius 3 is 2.38 bits per heavy atom. The number of hydrogen-bond donors (Lipinski definition) is 0. The average Bonchev–Trinajstić information content (AvgIpc) is 3.41. The van der Waals surface area contributed by atoms with E-state index in [9.17, 15) is 9.59 Å². The fraction of sp³-hybridized carbons (Fsp3) is 0.158. The van der Waals surface area contributed by atoms with Gasteiger partial charge >= 0.3 is 5.97 Å². The van der Waals surface area contributed by atoms with Gasteiger partial charge in [-0.1, -0.05) is 78.1 Å². The Hall–Kier alpha value is -5.72. The Morgan fingerprint density at radius 2 is 1.68 bits per heavy atom. The lowest BCUT2D eigenvalue weighted by molar-refractivity contribution is -0.138. The monoisotopic (exact) mass is 641 g/mol. The molecule has 0 N–H and O–H groups in total. The van der Waals surface area contributed by atoms with Crippen LogP contribution in [0.25, 0.3) is 11.8 Å². The smallest absolute Gasteiger partial charge is 0.338 e. The number of ether oxygens (including phenoxy) is 3. The van der Waals surface area contributed by atoms with Crippen molar-refractivity contribution in [3.05, 3.63) is 156 Å². The van der Waals surface area contributed by atoms with Crippen LogP contribution in [0.15, 0.2) is 118 Å². The Kier molecular flexibility index (Phi) is 9.41. The fourth-order valence-electron chi connectivity index (χ4n) is 5.36. The molecule has 0 unspecified atom stereocenters. The summed E-state index contributed by atoms with van der Waals surface area (Å²) in [5, 5.41) is 9.04. The maximum atomic E-state index is 14.2. The van der Waals surface area contributed by atoms with Gasteiger partial charge in [0.15, 0.2) is 4.80 Å². The number of nitrogens with zero attached hydrogens (tertiary/aromatic N) is 3. The Balaban J connectivity index is 1.45. The Labute approximate surface area is 275 Å². The number of rotatable bonds is 10. The van der Waals surface area contributed by atoms with Gasteiger partial charge in [0.05, 0.1) is 46.7 Å². The molecule has 1 aromatic heterocycles. The molecular formula is C38H31N3O5S. The van der Waals surface area contributed by atoms with Crippen molar-refractivity contribution >= 4 is 29.1 Å². The summed E-state index contributed by atoms with van der Waals surface area (Å²) in [7, 11) is 0. The number of carbonyl (C=O) groups is 1. The zero-order valence-corrected chi connectivity index (χ0v) is 26.7. The second-order valence-corrected chi connectivity index (χ2v) is 11.6. The minimum atomic E-state index is -0.777. The second-order valence-electron chi connectivity index (χ2n) is 10.6. The van der Waals surface area contributed by atoms with Gasteiger partial charge in [0.2, 0.25) is 0 Å². The number of nitriles is 1. The zero-order valence-electron chi connectivity index (χ0n) is 25.9. The second kappa shape index (κ2) is 14.1. The van der Waals surface area contributed by atoms with E-state index < -0.39 is 12.0 Å². The quantitative estimate of drug-likeness (QED) is 0.179. The van der Waals surface area contributed by atoms with E-state index in [4.69, 9.17) is 24.5 Å². The SMILES string of the molecule is CCOC(=O)C1=C(c2ccccc2)N=c2s/c(=C\c3cccc(OCc4ccc(C#N)cc4)c3)c(=O)n2[C@@H]1c1ccc(OCC)cc1. The number of benzene rings is 4. The molecule has 8 nitrogen and oxygen atoms in total. The molecule has 1 aliphatic rings. The predicted molar refractivity (Wildman–Crippen MR) is 181 cm³/mol. The van der Waals surface area contributed by atoms with Gasteiger partial charge in [-0.2, -0.15) is 5.26 Å². The molecule has 47 heavy (non-hydrogen) atoms. The highest BCUT2D eigenvalue weighted by molar-refractivity contribution is 7.07. The molecule has 5 aromatic rings. The number of fused-ring (bicyclic) bond motifs is 1. The molecule has 0 fully saturated rings. The van der Waals surface area contributed by atoms with Crippen molar-refractivity contribution in [2.45, 2.75) is 26.5 Å². The van der Waals surface area contributed by atoms with Crippen LogP contribution >= 0.6 is 11.3 Å². The summed E-state index contributed by atoms with van der Waals surface area (Å²) in [6.07, 6.45) is 1.81. The normalized spacial score (nSPS) is 14.1. The molecule has 0 bridgehead atoms. The minimum Gasteiger partial charge on any atom is -0.494 e. The molecule has 4 aromatic carbocycles. The van der Waals surface area contributed by atoms with Crippen LogP contribution in [-0.2, 0) is 16.1 Å². The van der Waals surface area contributed by atoms with Gasteiger partial charge < -0.3 is 14.2 Å². The van der Waals surface area contributed by atoms with Crippen molar-refractivity contribution in [1.82, 2.24) is 4.57 Å². The third-order valence-corrected chi connectivity index (χ3v) is 8.51. The lowest BCUT2D eigenvalue weighted by Crippen LogP contribution is -2.40. The van der Waals surface area contributed by atoms with E-state index in [1.54, 1.807) is 23.6 Å². The molecule has 0 radical (unpaired) electrons. The van der Waals surface area contributed by atoms with Gasteiger partial charge in [0.1, 0.15) is 18.1 Å². The molecule has 0 saturated carbocycles. The van der Waals surface area contributed by atoms with E-state index in [1.165, 1.54) is 11.3 Å². The van der Waals surface area contributed by atoms with Crippen molar-refractivity contribution in [1.29, 1.82) is 5.26 Å². The van der Waals surface area contributed by atoms with Crippen LogP contribution in [0.4, 0.5) is 0 Å². The summed E-state index contributed by atoms with van der Waals surface area (Å²) in [5.41, 5.74) is 4.26. The maximum absolute atomic E-state index is 14.2. The predicted octanol–water partition coefficient (Wildman–Crippen LogP) is 5.78. The fourth-order valence-corrected chi connectivity index (χ4v) is 6.36. The number of carbonyl (C=O) groups excluding carboxylic acids is 1. The molecule has 234 valence electrons. The summed E-state index contributed by atoms with van der Waals surface area (Å²) in [4.78, 5) is 33.3. The highest BCUT2D eigenvalue weighted by Crippen LogP contribution is 2.35. The third-order valence-electron chi connectivity index (χ3n) is 7.52. The van der Waals surface area contributed by atoms with E-state index in [0.717, 1.165) is 22.3 Å². The average molecular weight is 642 g/mol. The summed E-state index contributed by atoms with van der Waals surface area (Å²) < 4.78 is 19.3. The first-order valence-corrected chi connectivity index (χ1v) is 16.0. The van der Waals surface area contributed by atoms with Gasteiger partial charge in [-0.05, 0) is 73.0 Å². The van der Waals surface area contributed by atoms with Gasteiger partial charge in [-0.15, -0.1) is 0 Å². The van der Waals surface area contributed by atoms with Crippen LogP contribution in [0.5, 0.6) is 11.5 Å². The first kappa shape index (κ1) is 31.3. The lowest BCUT2D eigenvalue weighted by Gasteiger charge is -2.26. The van der Waals surface area contributed by atoms with E-state index in [0.29, 0.717) is 50.9 Å². The Morgan fingerprint density at radius 1 is 0.915 bits per heavy atom. The standard InChI is InChI=1S/C38H31N3O5S/c1-3-44-30-19-17-29(18-20-30)35-33(37(43)45-4-2)34(28-10-6-5-7-11-28)40-38-41(35)36(42)32(47-38)22-27-9-8-12-31(21-27)46-24-26-15-13-25(23-39)14-16-26/h5-22,35H,3-4,24H2,1-2H3/b32-22-/t35-/m1/s1. The van der Waals surface area contributed by atoms with Gasteiger partial charge in [-0.25, -0.2) is 9.79 Å². The van der Waals surface area contributed by atoms with E-state index >= 15 is 0 Å². The van der Waals surface area contributed by atoms with E-state index in [-0.39, 0.29) is 12.2 Å². The molecule has 0 amide bonds. The molecule has 2 heterocycles. The number of thiazole rings is 1. The van der Waals surface area contributed by atoms with Crippen LogP contribution in [0.1, 0.15) is 47.7 Å². The first-order chi connectivity index (χ1) is 23.0. The van der Waals surface area contributed by atoms with Crippen molar-refractivity contribution in [2.24, 2.45) is 4.99 Å². The summed E-state index contributed by atoms with van der Waals surface area (Å²) in [5.74, 6) is 0.796. The molecule has 0 aliphatic carbocycles. The summed E-state index contributed by atoms with van der Waals surface area (Å²) >= 11 is 1.26. The zero-order chi connectivity index (χ0) is 32.8. The minimum absolute atomic E-state index is 0.175. The molecular weight excluding hydrogens is 611 g/mol. The summed E-state index contributed by atoms with van der Waals surface area (Å²) in [6, 6.07) is 32.9. The van der Waals surface area contributed by atoms with Crippen LogP contribution in [-0.4, -0.2) is 23.8 Å². The van der Waals surface area contributed by atoms with Gasteiger partial charge in [0, 0.05) is 5.56 Å². The number of aromatic nitrogens is 1. The van der Waals surface area contributed by atoms with E-state index in [1.807, 2.05) is 104 Å². The highest BCUT2D eigenvalue weighted by Gasteiger charge is 2.35. The van der Waals surface area contributed by atoms with Crippen molar-refractivity contribution in [3.8, 4) is 17.6 Å².